The summed E-state index contributed by atoms with van der Waals surface area (Å²) in [5.74, 6) is -2.22. The van der Waals surface area contributed by atoms with E-state index in [2.05, 4.69) is 125 Å². The van der Waals surface area contributed by atoms with E-state index in [1.54, 1.807) is 0 Å². The van der Waals surface area contributed by atoms with Crippen molar-refractivity contribution in [1.82, 2.24) is 0 Å². The number of hydrogen-bond donors (Lipinski definition) is 0. The first-order chi connectivity index (χ1) is 42.3. The molecule has 86 heavy (non-hydrogen) atoms. The van der Waals surface area contributed by atoms with Crippen LogP contribution in [0, 0.1) is 0 Å². The highest BCUT2D eigenvalue weighted by atomic mass is 16.6. The maximum absolute atomic E-state index is 13.7. The Hall–Kier alpha value is -4.53. The number of aldehydes is 1. The van der Waals surface area contributed by atoms with Gasteiger partial charge in [-0.15, -0.1) is 0 Å². The fourth-order valence-electron chi connectivity index (χ4n) is 9.94. The molecule has 0 rings (SSSR count). The second kappa shape index (κ2) is 68.0. The van der Waals surface area contributed by atoms with Gasteiger partial charge in [-0.05, 0) is 154 Å². The van der Waals surface area contributed by atoms with Crippen LogP contribution < -0.4 is 0 Å². The van der Waals surface area contributed by atoms with Gasteiger partial charge in [0, 0.05) is 25.7 Å². The molecule has 0 aromatic rings. The zero-order valence-electron chi connectivity index (χ0n) is 55.9. The minimum Gasteiger partial charge on any atom is -0.462 e. The van der Waals surface area contributed by atoms with Crippen LogP contribution in [-0.4, -0.2) is 55.1 Å². The van der Waals surface area contributed by atoms with Gasteiger partial charge in [0.2, 0.25) is 0 Å². The van der Waals surface area contributed by atoms with E-state index in [0.29, 0.717) is 32.0 Å². The third kappa shape index (κ3) is 59.8. The Kier molecular flexibility index (Phi) is 64.4. The molecule has 0 spiro atoms. The smallest absolute Gasteiger partial charge is 0.306 e. The van der Waals surface area contributed by atoms with Gasteiger partial charge in [0.05, 0.1) is 0 Å². The highest BCUT2D eigenvalue weighted by Crippen LogP contribution is 2.20. The molecule has 0 saturated carbocycles. The normalized spacial score (nSPS) is 13.3. The highest BCUT2D eigenvalue weighted by Gasteiger charge is 2.39. The topological polar surface area (TPSA) is 122 Å². The molecule has 0 aliphatic carbocycles. The van der Waals surface area contributed by atoms with Gasteiger partial charge in [0.25, 0.3) is 0 Å². The molecule has 9 heteroatoms. The van der Waals surface area contributed by atoms with Gasteiger partial charge in [-0.25, -0.2) is 0 Å². The van der Waals surface area contributed by atoms with Crippen molar-refractivity contribution >= 4 is 30.2 Å². The van der Waals surface area contributed by atoms with E-state index in [1.165, 1.54) is 77.0 Å². The molecular formula is C77H130O9. The first kappa shape index (κ1) is 81.5. The number of rotatable bonds is 64. The maximum Gasteiger partial charge on any atom is 0.306 e. The van der Waals surface area contributed by atoms with Crippen molar-refractivity contribution in [2.45, 2.75) is 354 Å². The lowest BCUT2D eigenvalue weighted by Gasteiger charge is -2.30. The molecule has 0 amide bonds. The van der Waals surface area contributed by atoms with E-state index in [4.69, 9.17) is 18.9 Å². The third-order valence-corrected chi connectivity index (χ3v) is 15.4. The minimum absolute atomic E-state index is 0.0751. The summed E-state index contributed by atoms with van der Waals surface area (Å²) in [6.07, 6.45) is 78.4. The SMILES string of the molecule is CCCCC/C=C\C/C=C\CCCCCCCC(=O)OC[C@@H](OC(=O)CCCCCCC/C=C\C/C=C\CCCCC)[C@@H](OC(=O)CCCCCCC/C=C\C/C=C\CCCCC)[C@@H](C=O)OC(=O)CCCCCCC/C=C\C/C=C\CCCCC. The van der Waals surface area contributed by atoms with E-state index in [9.17, 15) is 24.0 Å². The maximum atomic E-state index is 13.7. The number of allylic oxidation sites excluding steroid dienone is 16. The van der Waals surface area contributed by atoms with Crippen LogP contribution in [-0.2, 0) is 42.9 Å². The van der Waals surface area contributed by atoms with Crippen LogP contribution in [0.15, 0.2) is 97.2 Å². The average molecular weight is 1200 g/mol. The fraction of sp³-hybridized carbons (Fsp3) is 0.727. The summed E-state index contributed by atoms with van der Waals surface area (Å²) in [6, 6.07) is 0. The van der Waals surface area contributed by atoms with Crippen molar-refractivity contribution in [3.8, 4) is 0 Å². The Bertz CT molecular complexity index is 1800. The summed E-state index contributed by atoms with van der Waals surface area (Å²) in [6.45, 7) is 8.46. The molecule has 0 bridgehead atoms. The molecule has 0 saturated heterocycles. The molecule has 0 fully saturated rings. The molecule has 0 radical (unpaired) electrons. The number of esters is 4. The van der Waals surface area contributed by atoms with Crippen molar-refractivity contribution in [2.75, 3.05) is 6.61 Å². The number of carbonyl (C=O) groups excluding carboxylic acids is 5. The quantitative estimate of drug-likeness (QED) is 0.0193. The molecule has 0 N–H and O–H groups in total. The van der Waals surface area contributed by atoms with E-state index in [0.717, 1.165) is 180 Å². The van der Waals surface area contributed by atoms with Crippen LogP contribution in [0.3, 0.4) is 0 Å². The van der Waals surface area contributed by atoms with Gasteiger partial charge in [-0.3, -0.25) is 24.0 Å². The molecule has 0 aliphatic heterocycles. The Balaban J connectivity index is 5.78. The van der Waals surface area contributed by atoms with Crippen molar-refractivity contribution in [3.05, 3.63) is 97.2 Å². The van der Waals surface area contributed by atoms with Gasteiger partial charge in [-0.2, -0.15) is 0 Å². The Morgan fingerprint density at radius 3 is 0.814 bits per heavy atom. The molecule has 3 atom stereocenters. The van der Waals surface area contributed by atoms with E-state index >= 15 is 0 Å². The molecule has 9 nitrogen and oxygen atoms in total. The van der Waals surface area contributed by atoms with Crippen LogP contribution in [0.5, 0.6) is 0 Å². The summed E-state index contributed by atoms with van der Waals surface area (Å²) in [5, 5.41) is 0. The molecular weight excluding hydrogens is 1070 g/mol. The Labute approximate surface area is 528 Å². The second-order valence-corrected chi connectivity index (χ2v) is 23.7. The highest BCUT2D eigenvalue weighted by molar-refractivity contribution is 5.75. The van der Waals surface area contributed by atoms with Crippen LogP contribution in [0.25, 0.3) is 0 Å². The van der Waals surface area contributed by atoms with Crippen molar-refractivity contribution < 1.29 is 42.9 Å². The molecule has 0 aromatic carbocycles. The molecule has 492 valence electrons. The van der Waals surface area contributed by atoms with E-state index < -0.39 is 48.8 Å². The van der Waals surface area contributed by atoms with Crippen molar-refractivity contribution in [3.63, 3.8) is 0 Å². The van der Waals surface area contributed by atoms with Gasteiger partial charge < -0.3 is 18.9 Å². The molecule has 0 unspecified atom stereocenters. The van der Waals surface area contributed by atoms with Crippen LogP contribution >= 0.6 is 0 Å². The predicted octanol–water partition coefficient (Wildman–Crippen LogP) is 22.7. The average Bonchev–Trinajstić information content (AvgIpc) is 3.64. The molecule has 0 aliphatic rings. The van der Waals surface area contributed by atoms with Crippen LogP contribution in [0.4, 0.5) is 0 Å². The van der Waals surface area contributed by atoms with Gasteiger partial charge in [0.1, 0.15) is 6.61 Å². The summed E-state index contributed by atoms with van der Waals surface area (Å²) < 4.78 is 23.6. The van der Waals surface area contributed by atoms with Crippen molar-refractivity contribution in [2.24, 2.45) is 0 Å². The zero-order chi connectivity index (χ0) is 62.5. The monoisotopic (exact) mass is 1200 g/mol. The minimum atomic E-state index is -1.57. The summed E-state index contributed by atoms with van der Waals surface area (Å²) >= 11 is 0. The first-order valence-corrected chi connectivity index (χ1v) is 35.7. The summed E-state index contributed by atoms with van der Waals surface area (Å²) in [5.41, 5.74) is 0. The molecule has 0 heterocycles. The van der Waals surface area contributed by atoms with Gasteiger partial charge >= 0.3 is 23.9 Å². The lowest BCUT2D eigenvalue weighted by molar-refractivity contribution is -0.191. The number of unbranched alkanes of at least 4 members (excludes halogenated alkanes) is 32. The Morgan fingerprint density at radius 2 is 0.523 bits per heavy atom. The number of ether oxygens (including phenoxy) is 4. The van der Waals surface area contributed by atoms with Crippen LogP contribution in [0.1, 0.15) is 336 Å². The zero-order valence-corrected chi connectivity index (χ0v) is 55.9. The number of carbonyl (C=O) groups is 5. The van der Waals surface area contributed by atoms with Gasteiger partial charge in [0.15, 0.2) is 24.6 Å². The lowest BCUT2D eigenvalue weighted by atomic mass is 10.1. The number of hydrogen-bond acceptors (Lipinski definition) is 9. The predicted molar refractivity (Wildman–Crippen MR) is 364 cm³/mol. The van der Waals surface area contributed by atoms with Crippen LogP contribution in [0.2, 0.25) is 0 Å². The third-order valence-electron chi connectivity index (χ3n) is 15.4. The largest absolute Gasteiger partial charge is 0.462 e. The first-order valence-electron chi connectivity index (χ1n) is 35.7. The Morgan fingerprint density at radius 1 is 0.279 bits per heavy atom. The second-order valence-electron chi connectivity index (χ2n) is 23.7. The lowest BCUT2D eigenvalue weighted by Crippen LogP contribution is -2.48. The summed E-state index contributed by atoms with van der Waals surface area (Å²) in [7, 11) is 0. The molecule has 0 aromatic heterocycles. The van der Waals surface area contributed by atoms with Gasteiger partial charge in [-0.1, -0.05) is 253 Å². The summed E-state index contributed by atoms with van der Waals surface area (Å²) in [4.78, 5) is 67.0. The van der Waals surface area contributed by atoms with E-state index in [1.807, 2.05) is 0 Å². The fourth-order valence-corrected chi connectivity index (χ4v) is 9.94. The standard InChI is InChI=1S/C77H130O9/c1-5-9-13-17-21-25-29-33-37-41-45-49-53-57-61-65-73(79)83-70-72(85-75(81)67-63-59-55-51-47-43-39-35-31-27-23-19-15-11-7-3)77(86-76(82)68-64-60-56-52-48-44-40-36-32-28-24-20-16-12-8-4)71(69-78)84-74(80)66-62-58-54-50-46-42-38-34-30-26-22-18-14-10-6-2/h21-28,33-40,69,71-72,77H,5-20,29-32,41-68,70H2,1-4H3/b25-21-,26-22-,27-23-,28-24-,37-33-,38-34-,39-35-,40-36-/t71-,72-,77+/m1/s1. The van der Waals surface area contributed by atoms with E-state index in [-0.39, 0.29) is 25.7 Å². The van der Waals surface area contributed by atoms with Crippen molar-refractivity contribution in [1.29, 1.82) is 0 Å².